The number of hydrogen-bond donors (Lipinski definition) is 0. The highest BCUT2D eigenvalue weighted by molar-refractivity contribution is 5.79. The van der Waals surface area contributed by atoms with Gasteiger partial charge >= 0.3 is 0 Å². The van der Waals surface area contributed by atoms with E-state index in [9.17, 15) is 4.79 Å². The molecule has 1 saturated heterocycles. The summed E-state index contributed by atoms with van der Waals surface area (Å²) in [6.07, 6.45) is 2.46. The maximum absolute atomic E-state index is 11.7. The highest BCUT2D eigenvalue weighted by atomic mass is 16.2. The molecule has 3 nitrogen and oxygen atoms in total. The molecule has 2 atom stereocenters. The summed E-state index contributed by atoms with van der Waals surface area (Å²) in [6, 6.07) is 1.99. The Morgan fingerprint density at radius 2 is 2.27 bits per heavy atom. The molecule has 1 rings (SSSR count). The Morgan fingerprint density at radius 1 is 1.60 bits per heavy atom. The van der Waals surface area contributed by atoms with Crippen LogP contribution in [-0.2, 0) is 4.79 Å². The second-order valence-electron chi connectivity index (χ2n) is 4.80. The minimum absolute atomic E-state index is 0.161. The van der Waals surface area contributed by atoms with Crippen molar-refractivity contribution in [1.82, 2.24) is 4.90 Å². The molecule has 0 saturated carbocycles. The van der Waals surface area contributed by atoms with Crippen LogP contribution in [0.5, 0.6) is 0 Å². The molecule has 0 aliphatic carbocycles. The fourth-order valence-electron chi connectivity index (χ4n) is 2.32. The van der Waals surface area contributed by atoms with E-state index in [1.807, 2.05) is 6.92 Å². The summed E-state index contributed by atoms with van der Waals surface area (Å²) in [7, 11) is 0. The quantitative estimate of drug-likeness (QED) is 0.710. The van der Waals surface area contributed by atoms with Crippen molar-refractivity contribution in [2.75, 3.05) is 6.54 Å². The summed E-state index contributed by atoms with van der Waals surface area (Å²) >= 11 is 0. The van der Waals surface area contributed by atoms with Crippen LogP contribution in [0, 0.1) is 23.2 Å². The van der Waals surface area contributed by atoms with Crippen molar-refractivity contribution in [3.05, 3.63) is 0 Å². The molecular formula is C12H20N2O. The normalized spacial score (nSPS) is 23.3. The molecule has 2 unspecified atom stereocenters. The topological polar surface area (TPSA) is 44.1 Å². The number of nitriles is 1. The molecule has 1 heterocycles. The molecule has 15 heavy (non-hydrogen) atoms. The maximum atomic E-state index is 11.7. The van der Waals surface area contributed by atoms with Gasteiger partial charge in [-0.05, 0) is 24.7 Å². The summed E-state index contributed by atoms with van der Waals surface area (Å²) < 4.78 is 0. The van der Waals surface area contributed by atoms with E-state index in [4.69, 9.17) is 5.26 Å². The van der Waals surface area contributed by atoms with Crippen molar-refractivity contribution in [2.45, 2.75) is 46.1 Å². The molecule has 0 aromatic rings. The average molecular weight is 208 g/mol. The van der Waals surface area contributed by atoms with E-state index in [-0.39, 0.29) is 11.9 Å². The third-order valence-electron chi connectivity index (χ3n) is 2.96. The highest BCUT2D eigenvalue weighted by Gasteiger charge is 2.33. The van der Waals surface area contributed by atoms with Gasteiger partial charge in [0.05, 0.1) is 6.07 Å². The zero-order valence-corrected chi connectivity index (χ0v) is 9.86. The number of rotatable bonds is 4. The summed E-state index contributed by atoms with van der Waals surface area (Å²) in [5.41, 5.74) is 0. The van der Waals surface area contributed by atoms with Gasteiger partial charge in [-0.2, -0.15) is 5.26 Å². The lowest BCUT2D eigenvalue weighted by atomic mass is 9.96. The lowest BCUT2D eigenvalue weighted by Gasteiger charge is -2.21. The van der Waals surface area contributed by atoms with E-state index in [2.05, 4.69) is 19.9 Å². The minimum Gasteiger partial charge on any atom is -0.326 e. The molecule has 0 radical (unpaired) electrons. The van der Waals surface area contributed by atoms with Gasteiger partial charge in [-0.15, -0.1) is 0 Å². The first-order chi connectivity index (χ1) is 7.08. The van der Waals surface area contributed by atoms with Gasteiger partial charge in [-0.25, -0.2) is 0 Å². The first-order valence-electron chi connectivity index (χ1n) is 5.77. The minimum atomic E-state index is -0.213. The Kier molecular flexibility index (Phi) is 4.14. The van der Waals surface area contributed by atoms with Crippen LogP contribution in [-0.4, -0.2) is 23.4 Å². The van der Waals surface area contributed by atoms with Gasteiger partial charge in [0.15, 0.2) is 0 Å². The van der Waals surface area contributed by atoms with E-state index in [1.54, 1.807) is 4.90 Å². The van der Waals surface area contributed by atoms with Crippen LogP contribution in [0.3, 0.4) is 0 Å². The highest BCUT2D eigenvalue weighted by Crippen LogP contribution is 2.26. The van der Waals surface area contributed by atoms with Crippen LogP contribution in [0.25, 0.3) is 0 Å². The Hall–Kier alpha value is -1.04. The predicted molar refractivity (Wildman–Crippen MR) is 59.0 cm³/mol. The maximum Gasteiger partial charge on any atom is 0.223 e. The van der Waals surface area contributed by atoms with Crippen molar-refractivity contribution in [1.29, 1.82) is 5.26 Å². The van der Waals surface area contributed by atoms with Gasteiger partial charge in [-0.1, -0.05) is 20.8 Å². The fourth-order valence-corrected chi connectivity index (χ4v) is 2.32. The lowest BCUT2D eigenvalue weighted by Crippen LogP contribution is -2.35. The second kappa shape index (κ2) is 5.16. The van der Waals surface area contributed by atoms with E-state index in [0.717, 1.165) is 19.4 Å². The lowest BCUT2D eigenvalue weighted by molar-refractivity contribution is -0.128. The van der Waals surface area contributed by atoms with Crippen molar-refractivity contribution >= 4 is 5.91 Å². The average Bonchev–Trinajstić information content (AvgIpc) is 2.48. The van der Waals surface area contributed by atoms with Crippen molar-refractivity contribution < 1.29 is 4.79 Å². The Balaban J connectivity index is 2.56. The molecule has 0 aromatic heterocycles. The number of hydrogen-bond acceptors (Lipinski definition) is 2. The van der Waals surface area contributed by atoms with E-state index in [0.29, 0.717) is 18.3 Å². The zero-order chi connectivity index (χ0) is 11.4. The van der Waals surface area contributed by atoms with Crippen LogP contribution in [0.2, 0.25) is 0 Å². The number of nitrogens with zero attached hydrogens (tertiary/aromatic N) is 2. The largest absolute Gasteiger partial charge is 0.326 e. The molecule has 3 heteroatoms. The molecule has 84 valence electrons. The molecule has 1 fully saturated rings. The summed E-state index contributed by atoms with van der Waals surface area (Å²) in [5, 5.41) is 8.93. The molecule has 0 N–H and O–H groups in total. The third kappa shape index (κ3) is 2.95. The Labute approximate surface area is 92.1 Å². The molecule has 0 aromatic carbocycles. The van der Waals surface area contributed by atoms with Crippen LogP contribution in [0.4, 0.5) is 0 Å². The van der Waals surface area contributed by atoms with Crippen LogP contribution >= 0.6 is 0 Å². The first kappa shape index (κ1) is 12.0. The number of carbonyl (C=O) groups is 1. The number of amides is 1. The van der Waals surface area contributed by atoms with Gasteiger partial charge in [0, 0.05) is 13.0 Å². The van der Waals surface area contributed by atoms with Gasteiger partial charge in [0.2, 0.25) is 5.91 Å². The SMILES string of the molecule is CCC(C#N)N1CC(CC(C)C)CC1=O. The molecule has 0 bridgehead atoms. The number of carbonyl (C=O) groups excluding carboxylic acids is 1. The van der Waals surface area contributed by atoms with Crippen molar-refractivity contribution in [3.8, 4) is 6.07 Å². The first-order valence-corrected chi connectivity index (χ1v) is 5.77. The second-order valence-corrected chi connectivity index (χ2v) is 4.80. The van der Waals surface area contributed by atoms with E-state index >= 15 is 0 Å². The van der Waals surface area contributed by atoms with Gasteiger partial charge in [0.1, 0.15) is 6.04 Å². The van der Waals surface area contributed by atoms with Crippen molar-refractivity contribution in [2.24, 2.45) is 11.8 Å². The van der Waals surface area contributed by atoms with Crippen LogP contribution in [0.15, 0.2) is 0 Å². The predicted octanol–water partition coefficient (Wildman–Crippen LogP) is 2.18. The van der Waals surface area contributed by atoms with Gasteiger partial charge in [-0.3, -0.25) is 4.79 Å². The summed E-state index contributed by atoms with van der Waals surface area (Å²) in [6.45, 7) is 7.09. The van der Waals surface area contributed by atoms with E-state index in [1.165, 1.54) is 0 Å². The Morgan fingerprint density at radius 3 is 2.73 bits per heavy atom. The van der Waals surface area contributed by atoms with Gasteiger partial charge < -0.3 is 4.90 Å². The fraction of sp³-hybridized carbons (Fsp3) is 0.833. The van der Waals surface area contributed by atoms with Crippen LogP contribution < -0.4 is 0 Å². The van der Waals surface area contributed by atoms with Crippen LogP contribution in [0.1, 0.15) is 40.0 Å². The van der Waals surface area contributed by atoms with Crippen molar-refractivity contribution in [3.63, 3.8) is 0 Å². The molecule has 1 amide bonds. The monoisotopic (exact) mass is 208 g/mol. The summed E-state index contributed by atoms with van der Waals surface area (Å²) in [5.74, 6) is 1.25. The zero-order valence-electron chi connectivity index (χ0n) is 9.86. The molecule has 0 spiro atoms. The smallest absolute Gasteiger partial charge is 0.223 e. The standard InChI is InChI=1S/C12H20N2O/c1-4-11(7-13)14-8-10(5-9(2)3)6-12(14)15/h9-11H,4-6,8H2,1-3H3. The number of likely N-dealkylation sites (tertiary alicyclic amines) is 1. The third-order valence-corrected chi connectivity index (χ3v) is 2.96. The van der Waals surface area contributed by atoms with Gasteiger partial charge in [0.25, 0.3) is 0 Å². The van der Waals surface area contributed by atoms with E-state index < -0.39 is 0 Å². The molecule has 1 aliphatic heterocycles. The molecule has 1 aliphatic rings. The molecular weight excluding hydrogens is 188 g/mol. The Bertz CT molecular complexity index is 267. The summed E-state index contributed by atoms with van der Waals surface area (Å²) in [4.78, 5) is 13.5.